The first-order chi connectivity index (χ1) is 22.1. The number of anilines is 2. The van der Waals surface area contributed by atoms with Crippen LogP contribution in [-0.2, 0) is 21.5 Å². The molecule has 2 saturated heterocycles. The molecule has 3 aromatic rings. The van der Waals surface area contributed by atoms with Crippen molar-refractivity contribution in [2.45, 2.75) is 84.0 Å². The number of carbonyl (C=O) groups excluding carboxylic acids is 2. The Morgan fingerprint density at radius 3 is 2.50 bits per heavy atom. The molecule has 4 heterocycles. The van der Waals surface area contributed by atoms with Crippen LogP contribution in [-0.4, -0.2) is 49.3 Å². The summed E-state index contributed by atoms with van der Waals surface area (Å²) in [6.45, 7) is 10.2. The normalized spacial score (nSPS) is 17.4. The highest BCUT2D eigenvalue weighted by Crippen LogP contribution is 2.49. The number of nitrogens with zero attached hydrogens (tertiary/aromatic N) is 2. The Morgan fingerprint density at radius 2 is 1.83 bits per heavy atom. The number of carbonyl (C=O) groups is 2. The maximum atomic E-state index is 13.9. The second-order valence-electron chi connectivity index (χ2n) is 13.1. The number of benzene rings is 2. The maximum Gasteiger partial charge on any atom is 0.267 e. The summed E-state index contributed by atoms with van der Waals surface area (Å²) in [4.78, 5) is 45.1. The number of aromatic nitrogens is 1. The highest BCUT2D eigenvalue weighted by molar-refractivity contribution is 6.67. The molecule has 3 aliphatic rings. The van der Waals surface area contributed by atoms with E-state index in [2.05, 4.69) is 45.5 Å². The average molecular weight is 620 g/mol. The van der Waals surface area contributed by atoms with Gasteiger partial charge in [0.2, 0.25) is 5.91 Å². The maximum absolute atomic E-state index is 13.9. The molecule has 10 heteroatoms. The van der Waals surface area contributed by atoms with Crippen molar-refractivity contribution in [3.63, 3.8) is 0 Å². The van der Waals surface area contributed by atoms with Crippen molar-refractivity contribution in [2.24, 2.45) is 0 Å². The summed E-state index contributed by atoms with van der Waals surface area (Å²) in [5, 5.41) is 15.6. The van der Waals surface area contributed by atoms with Crippen molar-refractivity contribution in [1.29, 1.82) is 5.26 Å². The number of nitriles is 1. The molecule has 0 radical (unpaired) electrons. The standard InChI is InChI=1S/C36H42BN5O4/c1-5-42(27-8-14-46-15-9-27)32-19-26(17-28(24(32)4)33(43)39-20-29-22(2)16-23(3)40-34(29)44)25-6-7-30-31(18-25)41-35(45)36(30)10-12-37(21-38)13-11-36/h6-7,16-19,27H,5,8-15,20H2,1-4H3,(H,39,43)(H,40,44)(H,41,45). The van der Waals surface area contributed by atoms with Crippen molar-refractivity contribution in [2.75, 3.05) is 30.0 Å². The fraction of sp³-hybridized carbons (Fsp3) is 0.444. The minimum absolute atomic E-state index is 0.00261. The van der Waals surface area contributed by atoms with Gasteiger partial charge in [0.05, 0.1) is 5.41 Å². The first-order valence-electron chi connectivity index (χ1n) is 16.5. The summed E-state index contributed by atoms with van der Waals surface area (Å²) < 4.78 is 5.66. The van der Waals surface area contributed by atoms with E-state index in [1.807, 2.05) is 45.0 Å². The zero-order chi connectivity index (χ0) is 32.6. The van der Waals surface area contributed by atoms with Gasteiger partial charge in [0.25, 0.3) is 18.2 Å². The van der Waals surface area contributed by atoms with Crippen LogP contribution in [0, 0.1) is 32.0 Å². The number of rotatable bonds is 7. The number of pyridine rings is 1. The lowest BCUT2D eigenvalue weighted by Gasteiger charge is -2.37. The molecule has 0 atom stereocenters. The third kappa shape index (κ3) is 5.73. The third-order valence-electron chi connectivity index (χ3n) is 10.4. The topological polar surface area (TPSA) is 127 Å². The first kappa shape index (κ1) is 31.6. The van der Waals surface area contributed by atoms with E-state index in [0.717, 1.165) is 76.9 Å². The zero-order valence-corrected chi connectivity index (χ0v) is 27.2. The molecule has 6 rings (SSSR count). The largest absolute Gasteiger partial charge is 0.381 e. The third-order valence-corrected chi connectivity index (χ3v) is 10.4. The molecule has 1 spiro atoms. The summed E-state index contributed by atoms with van der Waals surface area (Å²) in [6.07, 6.45) is 4.60. The van der Waals surface area contributed by atoms with E-state index in [-0.39, 0.29) is 30.6 Å². The number of aryl methyl sites for hydroxylation is 2. The molecule has 0 saturated carbocycles. The molecule has 0 unspecified atom stereocenters. The van der Waals surface area contributed by atoms with E-state index in [4.69, 9.17) is 4.74 Å². The number of H-pyrrole nitrogens is 1. The minimum atomic E-state index is -0.585. The van der Waals surface area contributed by atoms with Crippen LogP contribution in [0.15, 0.2) is 41.2 Å². The van der Waals surface area contributed by atoms with Crippen LogP contribution in [0.1, 0.15) is 70.9 Å². The fourth-order valence-electron chi connectivity index (χ4n) is 7.73. The number of nitrogens with one attached hydrogen (secondary N) is 3. The molecular weight excluding hydrogens is 577 g/mol. The van der Waals surface area contributed by atoms with Crippen molar-refractivity contribution >= 4 is 29.9 Å². The van der Waals surface area contributed by atoms with E-state index >= 15 is 0 Å². The van der Waals surface area contributed by atoms with Gasteiger partial charge in [0.15, 0.2) is 0 Å². The molecule has 3 N–H and O–H groups in total. The molecular formula is C36H42BN5O4. The van der Waals surface area contributed by atoms with Gasteiger partial charge in [-0.1, -0.05) is 24.8 Å². The van der Waals surface area contributed by atoms with Crippen LogP contribution < -0.4 is 21.1 Å². The number of hydrogen-bond donors (Lipinski definition) is 3. The number of ether oxygens (including phenoxy) is 1. The highest BCUT2D eigenvalue weighted by Gasteiger charge is 2.49. The Hall–Kier alpha value is -4.36. The Kier molecular flexibility index (Phi) is 8.80. The molecule has 2 amide bonds. The number of hydrogen-bond acceptors (Lipinski definition) is 6. The highest BCUT2D eigenvalue weighted by atomic mass is 16.5. The van der Waals surface area contributed by atoms with Gasteiger partial charge in [0.1, 0.15) is 0 Å². The molecule has 2 fully saturated rings. The lowest BCUT2D eigenvalue weighted by Crippen LogP contribution is -2.40. The first-order valence-corrected chi connectivity index (χ1v) is 16.5. The summed E-state index contributed by atoms with van der Waals surface area (Å²) >= 11 is 0. The van der Waals surface area contributed by atoms with E-state index < -0.39 is 5.41 Å². The van der Waals surface area contributed by atoms with Gasteiger partial charge >= 0.3 is 0 Å². The molecule has 238 valence electrons. The van der Waals surface area contributed by atoms with Gasteiger partial charge in [0, 0.05) is 66.5 Å². The molecule has 46 heavy (non-hydrogen) atoms. The van der Waals surface area contributed by atoms with Crippen molar-refractivity contribution in [1.82, 2.24) is 10.3 Å². The summed E-state index contributed by atoms with van der Waals surface area (Å²) in [5.41, 5.74) is 7.40. The van der Waals surface area contributed by atoms with Crippen LogP contribution in [0.4, 0.5) is 11.4 Å². The van der Waals surface area contributed by atoms with Crippen molar-refractivity contribution < 1.29 is 14.3 Å². The van der Waals surface area contributed by atoms with Gasteiger partial charge in [-0.15, -0.1) is 0 Å². The average Bonchev–Trinajstić information content (AvgIpc) is 3.31. The smallest absolute Gasteiger partial charge is 0.267 e. The predicted molar refractivity (Wildman–Crippen MR) is 182 cm³/mol. The summed E-state index contributed by atoms with van der Waals surface area (Å²) in [6, 6.07) is 12.4. The number of aromatic amines is 1. The van der Waals surface area contributed by atoms with E-state index in [0.29, 0.717) is 43.2 Å². The van der Waals surface area contributed by atoms with Crippen LogP contribution in [0.3, 0.4) is 0 Å². The van der Waals surface area contributed by atoms with Crippen molar-refractivity contribution in [3.05, 3.63) is 80.3 Å². The fourth-order valence-corrected chi connectivity index (χ4v) is 7.73. The van der Waals surface area contributed by atoms with E-state index in [9.17, 15) is 19.6 Å². The Balaban J connectivity index is 1.38. The summed E-state index contributed by atoms with van der Waals surface area (Å²) in [5.74, 6) is 2.14. The van der Waals surface area contributed by atoms with Gasteiger partial charge in [-0.3, -0.25) is 14.4 Å². The Bertz CT molecular complexity index is 1780. The lowest BCUT2D eigenvalue weighted by atomic mass is 9.39. The van der Waals surface area contributed by atoms with Gasteiger partial charge in [-0.05, 0) is 105 Å². The second-order valence-corrected chi connectivity index (χ2v) is 13.1. The van der Waals surface area contributed by atoms with Crippen LogP contribution in [0.25, 0.3) is 11.1 Å². The van der Waals surface area contributed by atoms with Crippen LogP contribution >= 0.6 is 0 Å². The molecule has 0 aliphatic carbocycles. The number of amides is 2. The number of fused-ring (bicyclic) bond motifs is 2. The minimum Gasteiger partial charge on any atom is -0.381 e. The monoisotopic (exact) mass is 619 g/mol. The van der Waals surface area contributed by atoms with E-state index in [1.165, 1.54) is 0 Å². The van der Waals surface area contributed by atoms with Gasteiger partial charge < -0.3 is 25.3 Å². The summed E-state index contributed by atoms with van der Waals surface area (Å²) in [7, 11) is 0. The van der Waals surface area contributed by atoms with Crippen molar-refractivity contribution in [3.8, 4) is 17.1 Å². The lowest BCUT2D eigenvalue weighted by molar-refractivity contribution is -0.121. The van der Waals surface area contributed by atoms with Crippen LogP contribution in [0.5, 0.6) is 0 Å². The molecule has 1 aromatic heterocycles. The molecule has 2 aromatic carbocycles. The quantitative estimate of drug-likeness (QED) is 0.302. The SMILES string of the molecule is CCN(c1cc(-c2ccc3c(c2)NC(=O)C32CCB(C#N)CC2)cc(C(=O)NCc2c(C)cc(C)[nH]c2=O)c1C)C1CCOCC1. The van der Waals surface area contributed by atoms with Gasteiger partial charge in [-0.25, -0.2) is 5.26 Å². The zero-order valence-electron chi connectivity index (χ0n) is 27.2. The molecule has 0 bridgehead atoms. The molecule has 9 nitrogen and oxygen atoms in total. The Morgan fingerprint density at radius 1 is 1.09 bits per heavy atom. The Labute approximate surface area is 270 Å². The van der Waals surface area contributed by atoms with E-state index in [1.54, 1.807) is 0 Å². The van der Waals surface area contributed by atoms with Crippen LogP contribution in [0.2, 0.25) is 12.6 Å². The second kappa shape index (κ2) is 12.8. The molecule has 3 aliphatic heterocycles. The predicted octanol–water partition coefficient (Wildman–Crippen LogP) is 5.44. The van der Waals surface area contributed by atoms with Gasteiger partial charge in [-0.2, -0.15) is 0 Å².